The van der Waals surface area contributed by atoms with Crippen LogP contribution in [0, 0.1) is 5.92 Å². The molecule has 4 nitrogen and oxygen atoms in total. The number of fused-ring (bicyclic) bond motifs is 2. The van der Waals surface area contributed by atoms with Crippen LogP contribution in [0.5, 0.6) is 0 Å². The van der Waals surface area contributed by atoms with Gasteiger partial charge in [-0.05, 0) is 62.5 Å². The zero-order valence-corrected chi connectivity index (χ0v) is 20.5. The fourth-order valence-electron chi connectivity index (χ4n) is 4.47. The molecule has 5 rings (SSSR count). The number of rotatable bonds is 4. The molecular formula is C26H18Br2O4. The summed E-state index contributed by atoms with van der Waals surface area (Å²) in [7, 11) is 0. The molecule has 0 fully saturated rings. The Bertz CT molecular complexity index is 1550. The molecule has 0 saturated carbocycles. The number of ether oxygens (including phenoxy) is 1. The molecule has 0 bridgehead atoms. The van der Waals surface area contributed by atoms with E-state index < -0.39 is 5.97 Å². The van der Waals surface area contributed by atoms with Crippen molar-refractivity contribution in [3.8, 4) is 0 Å². The Labute approximate surface area is 200 Å². The van der Waals surface area contributed by atoms with Gasteiger partial charge in [-0.3, -0.25) is 0 Å². The van der Waals surface area contributed by atoms with Gasteiger partial charge in [0.1, 0.15) is 0 Å². The van der Waals surface area contributed by atoms with Crippen molar-refractivity contribution in [2.75, 3.05) is 6.61 Å². The average molecular weight is 554 g/mol. The van der Waals surface area contributed by atoms with Gasteiger partial charge in [-0.1, -0.05) is 70.0 Å². The van der Waals surface area contributed by atoms with E-state index in [1.54, 1.807) is 12.1 Å². The third-order valence-electron chi connectivity index (χ3n) is 5.80. The molecule has 0 amide bonds. The van der Waals surface area contributed by atoms with Crippen LogP contribution >= 0.6 is 31.9 Å². The van der Waals surface area contributed by atoms with Crippen LogP contribution in [0.2, 0.25) is 0 Å². The number of carboxylic acid groups (broad SMARTS) is 1. The van der Waals surface area contributed by atoms with Crippen LogP contribution in [0.4, 0.5) is 0 Å². The molecule has 0 aliphatic rings. The van der Waals surface area contributed by atoms with Crippen molar-refractivity contribution in [1.29, 1.82) is 0 Å². The first-order valence-electron chi connectivity index (χ1n) is 10.2. The molecule has 0 atom stereocenters. The summed E-state index contributed by atoms with van der Waals surface area (Å²) in [5, 5.41) is 16.9. The SMILES string of the molecule is CC(C)COC(=O)c1ccc2c3ccc(Br)c4c(C(=O)O)ccc(c5ccc(Br)c1c52)c43. The minimum atomic E-state index is -0.968. The second kappa shape index (κ2) is 7.71. The molecule has 0 saturated heterocycles. The van der Waals surface area contributed by atoms with Gasteiger partial charge in [-0.15, -0.1) is 0 Å². The fourth-order valence-corrected chi connectivity index (χ4v) is 5.56. The standard InChI is InChI=1S/C26H18Br2O4/c1-12(2)11-32-26(31)18-6-4-14-15-7-9-19(27)23-17(25(29)30)5-3-13(21(15)23)16-8-10-20(28)24(18)22(14)16/h3-10,12H,11H2,1-2H3,(H,29,30). The lowest BCUT2D eigenvalue weighted by Crippen LogP contribution is -2.11. The number of carboxylic acids is 1. The lowest BCUT2D eigenvalue weighted by molar-refractivity contribution is 0.0461. The van der Waals surface area contributed by atoms with Crippen LogP contribution in [-0.4, -0.2) is 23.7 Å². The molecule has 0 aliphatic carbocycles. The van der Waals surface area contributed by atoms with E-state index in [-0.39, 0.29) is 17.5 Å². The maximum atomic E-state index is 12.9. The molecule has 0 unspecified atom stereocenters. The van der Waals surface area contributed by atoms with E-state index in [2.05, 4.69) is 31.9 Å². The fraction of sp³-hybridized carbons (Fsp3) is 0.154. The summed E-state index contributed by atoms with van der Waals surface area (Å²) in [6, 6.07) is 15.1. The van der Waals surface area contributed by atoms with Crippen molar-refractivity contribution in [2.24, 2.45) is 5.92 Å². The summed E-state index contributed by atoms with van der Waals surface area (Å²) < 4.78 is 7.09. The van der Waals surface area contributed by atoms with Gasteiger partial charge < -0.3 is 9.84 Å². The van der Waals surface area contributed by atoms with E-state index >= 15 is 0 Å². The highest BCUT2D eigenvalue weighted by Gasteiger charge is 2.22. The number of benzene rings is 5. The van der Waals surface area contributed by atoms with Crippen molar-refractivity contribution in [3.05, 3.63) is 68.6 Å². The molecule has 5 aromatic carbocycles. The summed E-state index contributed by atoms with van der Waals surface area (Å²) >= 11 is 7.20. The van der Waals surface area contributed by atoms with Gasteiger partial charge in [-0.2, -0.15) is 0 Å². The molecule has 5 aromatic rings. The second-order valence-corrected chi connectivity index (χ2v) is 10.0. The molecule has 0 spiro atoms. The van der Waals surface area contributed by atoms with Crippen LogP contribution in [0.25, 0.3) is 43.1 Å². The van der Waals surface area contributed by atoms with E-state index in [1.165, 1.54) is 0 Å². The highest BCUT2D eigenvalue weighted by Crippen LogP contribution is 2.45. The number of carbonyl (C=O) groups excluding carboxylic acids is 1. The van der Waals surface area contributed by atoms with Crippen LogP contribution in [0.1, 0.15) is 34.6 Å². The zero-order chi connectivity index (χ0) is 22.7. The van der Waals surface area contributed by atoms with Gasteiger partial charge in [-0.25, -0.2) is 9.59 Å². The van der Waals surface area contributed by atoms with Crippen LogP contribution in [0.15, 0.2) is 57.5 Å². The number of esters is 1. The van der Waals surface area contributed by atoms with Crippen LogP contribution in [-0.2, 0) is 4.74 Å². The number of hydrogen-bond acceptors (Lipinski definition) is 3. The van der Waals surface area contributed by atoms with Crippen molar-refractivity contribution in [1.82, 2.24) is 0 Å². The molecular weight excluding hydrogens is 536 g/mol. The van der Waals surface area contributed by atoms with Crippen LogP contribution in [0.3, 0.4) is 0 Å². The highest BCUT2D eigenvalue weighted by atomic mass is 79.9. The first-order valence-corrected chi connectivity index (χ1v) is 11.8. The summed E-state index contributed by atoms with van der Waals surface area (Å²) in [5.74, 6) is -1.07. The van der Waals surface area contributed by atoms with Gasteiger partial charge in [0.25, 0.3) is 0 Å². The Hall–Kier alpha value is -2.70. The van der Waals surface area contributed by atoms with Crippen molar-refractivity contribution >= 4 is 86.9 Å². The zero-order valence-electron chi connectivity index (χ0n) is 17.3. The Morgan fingerprint density at radius 2 is 1.19 bits per heavy atom. The summed E-state index contributed by atoms with van der Waals surface area (Å²) in [6.07, 6.45) is 0. The topological polar surface area (TPSA) is 63.6 Å². The lowest BCUT2D eigenvalue weighted by atomic mass is 9.87. The number of carbonyl (C=O) groups is 2. The van der Waals surface area contributed by atoms with E-state index in [4.69, 9.17) is 4.74 Å². The number of hydrogen-bond donors (Lipinski definition) is 1. The lowest BCUT2D eigenvalue weighted by Gasteiger charge is -2.18. The third kappa shape index (κ3) is 3.08. The molecule has 32 heavy (non-hydrogen) atoms. The first-order chi connectivity index (χ1) is 15.3. The molecule has 0 aromatic heterocycles. The highest BCUT2D eigenvalue weighted by molar-refractivity contribution is 9.11. The van der Waals surface area contributed by atoms with Gasteiger partial charge in [0.2, 0.25) is 0 Å². The number of halogens is 2. The Morgan fingerprint density at radius 1 is 0.750 bits per heavy atom. The predicted octanol–water partition coefficient (Wildman–Crippen LogP) is 7.77. The minimum absolute atomic E-state index is 0.244. The minimum Gasteiger partial charge on any atom is -0.478 e. The molecule has 0 aliphatic heterocycles. The van der Waals surface area contributed by atoms with Crippen molar-refractivity contribution < 1.29 is 19.4 Å². The van der Waals surface area contributed by atoms with Gasteiger partial charge >= 0.3 is 11.9 Å². The van der Waals surface area contributed by atoms with Gasteiger partial charge in [0.05, 0.1) is 17.7 Å². The van der Waals surface area contributed by atoms with Crippen molar-refractivity contribution in [2.45, 2.75) is 13.8 Å². The summed E-state index contributed by atoms with van der Waals surface area (Å²) in [5.41, 5.74) is 0.764. The normalized spacial score (nSPS) is 11.9. The smallest absolute Gasteiger partial charge is 0.338 e. The number of aromatic carboxylic acids is 1. The molecule has 160 valence electrons. The Balaban J connectivity index is 1.95. The van der Waals surface area contributed by atoms with E-state index in [9.17, 15) is 14.7 Å². The molecule has 6 heteroatoms. The van der Waals surface area contributed by atoms with Crippen molar-refractivity contribution in [3.63, 3.8) is 0 Å². The maximum absolute atomic E-state index is 12.9. The Morgan fingerprint density at radius 3 is 1.66 bits per heavy atom. The molecule has 0 heterocycles. The van der Waals surface area contributed by atoms with E-state index in [1.807, 2.05) is 50.2 Å². The predicted molar refractivity (Wildman–Crippen MR) is 135 cm³/mol. The molecule has 1 N–H and O–H groups in total. The Kier molecular flexibility index (Phi) is 5.10. The van der Waals surface area contributed by atoms with Gasteiger partial charge in [0.15, 0.2) is 0 Å². The quantitative estimate of drug-likeness (QED) is 0.140. The summed E-state index contributed by atoms with van der Waals surface area (Å²) in [6.45, 7) is 4.36. The summed E-state index contributed by atoms with van der Waals surface area (Å²) in [4.78, 5) is 24.9. The molecule has 0 radical (unpaired) electrons. The average Bonchev–Trinajstić information content (AvgIpc) is 2.77. The second-order valence-electron chi connectivity index (χ2n) is 8.31. The van der Waals surface area contributed by atoms with Crippen LogP contribution < -0.4 is 0 Å². The van der Waals surface area contributed by atoms with E-state index in [0.29, 0.717) is 17.6 Å². The maximum Gasteiger partial charge on any atom is 0.338 e. The monoisotopic (exact) mass is 552 g/mol. The first kappa shape index (κ1) is 21.2. The van der Waals surface area contributed by atoms with Gasteiger partial charge in [0, 0.05) is 19.7 Å². The third-order valence-corrected chi connectivity index (χ3v) is 7.12. The van der Waals surface area contributed by atoms with E-state index in [0.717, 1.165) is 46.6 Å². The largest absolute Gasteiger partial charge is 0.478 e.